The van der Waals surface area contributed by atoms with Gasteiger partial charge in [0, 0.05) is 38.6 Å². The van der Waals surface area contributed by atoms with Gasteiger partial charge in [-0.1, -0.05) is 13.8 Å². The van der Waals surface area contributed by atoms with Crippen LogP contribution in [-0.2, 0) is 14.9 Å². The molecule has 0 amide bonds. The third-order valence-electron chi connectivity index (χ3n) is 4.34. The standard InChI is InChI=1S/C17H24N6O3S/c1-3-22(4-2)27(24,25)23-9-10-26-16(13-23)15-6-5-14(11-20-15)21-17-12-18-7-8-19-17/h5-8,11-12,16H,3-4,9-10,13H2,1-2H3,(H,19,21)/t16-/m0/s1. The average molecular weight is 392 g/mol. The van der Waals surface area contributed by atoms with Crippen molar-refractivity contribution in [1.29, 1.82) is 0 Å². The first-order valence-corrected chi connectivity index (χ1v) is 10.3. The molecule has 10 heteroatoms. The highest BCUT2D eigenvalue weighted by Gasteiger charge is 2.33. The second-order valence-electron chi connectivity index (χ2n) is 6.00. The van der Waals surface area contributed by atoms with Gasteiger partial charge in [-0.15, -0.1) is 0 Å². The first-order valence-electron chi connectivity index (χ1n) is 8.90. The Kier molecular flexibility index (Phi) is 6.32. The summed E-state index contributed by atoms with van der Waals surface area (Å²) in [6.07, 6.45) is 6.10. The molecule has 146 valence electrons. The molecule has 0 radical (unpaired) electrons. The molecule has 0 bridgehead atoms. The summed E-state index contributed by atoms with van der Waals surface area (Å²) in [5, 5.41) is 3.11. The SMILES string of the molecule is CCN(CC)S(=O)(=O)N1CCO[C@H](c2ccc(Nc3cnccn3)cn2)C1. The first kappa shape index (κ1) is 19.6. The van der Waals surface area contributed by atoms with E-state index in [4.69, 9.17) is 4.74 Å². The lowest BCUT2D eigenvalue weighted by Crippen LogP contribution is -2.49. The van der Waals surface area contributed by atoms with Gasteiger partial charge in [-0.25, -0.2) is 4.98 Å². The molecule has 1 aliphatic heterocycles. The highest BCUT2D eigenvalue weighted by Crippen LogP contribution is 2.24. The van der Waals surface area contributed by atoms with Gasteiger partial charge in [0.1, 0.15) is 11.9 Å². The van der Waals surface area contributed by atoms with Crippen LogP contribution in [-0.4, -0.2) is 64.8 Å². The molecule has 0 spiro atoms. The molecule has 3 heterocycles. The topological polar surface area (TPSA) is 101 Å². The first-order chi connectivity index (χ1) is 13.0. The van der Waals surface area contributed by atoms with Crippen molar-refractivity contribution in [3.63, 3.8) is 0 Å². The van der Waals surface area contributed by atoms with Crippen molar-refractivity contribution in [1.82, 2.24) is 23.6 Å². The predicted molar refractivity (Wildman–Crippen MR) is 102 cm³/mol. The van der Waals surface area contributed by atoms with Crippen LogP contribution in [0.4, 0.5) is 11.5 Å². The monoisotopic (exact) mass is 392 g/mol. The molecule has 1 saturated heterocycles. The van der Waals surface area contributed by atoms with E-state index in [1.807, 2.05) is 26.0 Å². The third kappa shape index (κ3) is 4.59. The van der Waals surface area contributed by atoms with Crippen LogP contribution in [0.1, 0.15) is 25.6 Å². The van der Waals surface area contributed by atoms with E-state index in [1.165, 1.54) is 8.61 Å². The second-order valence-corrected chi connectivity index (χ2v) is 7.93. The highest BCUT2D eigenvalue weighted by atomic mass is 32.2. The Morgan fingerprint density at radius 2 is 2.04 bits per heavy atom. The van der Waals surface area contributed by atoms with Crippen LogP contribution in [0.5, 0.6) is 0 Å². The molecule has 2 aromatic rings. The number of ether oxygens (including phenoxy) is 1. The van der Waals surface area contributed by atoms with Gasteiger partial charge in [-0.05, 0) is 12.1 Å². The molecule has 2 aromatic heterocycles. The van der Waals surface area contributed by atoms with Crippen LogP contribution >= 0.6 is 0 Å². The van der Waals surface area contributed by atoms with Gasteiger partial charge in [0.2, 0.25) is 0 Å². The molecule has 3 rings (SSSR count). The predicted octanol–water partition coefficient (Wildman–Crippen LogP) is 1.58. The summed E-state index contributed by atoms with van der Waals surface area (Å²) in [6, 6.07) is 3.69. The van der Waals surface area contributed by atoms with Gasteiger partial charge >= 0.3 is 0 Å². The highest BCUT2D eigenvalue weighted by molar-refractivity contribution is 7.86. The minimum Gasteiger partial charge on any atom is -0.369 e. The maximum Gasteiger partial charge on any atom is 0.282 e. The van der Waals surface area contributed by atoms with Crippen LogP contribution < -0.4 is 5.32 Å². The Morgan fingerprint density at radius 3 is 2.67 bits per heavy atom. The number of nitrogens with zero attached hydrogens (tertiary/aromatic N) is 5. The number of hydrogen-bond acceptors (Lipinski definition) is 7. The van der Waals surface area contributed by atoms with Crippen molar-refractivity contribution >= 4 is 21.7 Å². The van der Waals surface area contributed by atoms with Gasteiger partial charge in [0.15, 0.2) is 0 Å². The van der Waals surface area contributed by atoms with Crippen molar-refractivity contribution in [3.8, 4) is 0 Å². The number of hydrogen-bond donors (Lipinski definition) is 1. The summed E-state index contributed by atoms with van der Waals surface area (Å²) in [5.74, 6) is 0.623. The van der Waals surface area contributed by atoms with Crippen molar-refractivity contribution < 1.29 is 13.2 Å². The third-order valence-corrected chi connectivity index (χ3v) is 6.49. The quantitative estimate of drug-likeness (QED) is 0.763. The summed E-state index contributed by atoms with van der Waals surface area (Å²) in [7, 11) is -3.48. The Morgan fingerprint density at radius 1 is 1.22 bits per heavy atom. The van der Waals surface area contributed by atoms with Gasteiger partial charge in [0.05, 0.1) is 30.4 Å². The minimum absolute atomic E-state index is 0.253. The molecule has 0 aromatic carbocycles. The van der Waals surface area contributed by atoms with E-state index < -0.39 is 16.3 Å². The molecule has 0 aliphatic carbocycles. The lowest BCUT2D eigenvalue weighted by molar-refractivity contribution is -0.00657. The fraction of sp³-hybridized carbons (Fsp3) is 0.471. The molecule has 0 saturated carbocycles. The molecular formula is C17H24N6O3S. The molecule has 1 N–H and O–H groups in total. The summed E-state index contributed by atoms with van der Waals surface area (Å²) in [4.78, 5) is 12.6. The Balaban J connectivity index is 1.69. The number of aromatic nitrogens is 3. The van der Waals surface area contributed by atoms with Crippen molar-refractivity contribution in [3.05, 3.63) is 42.6 Å². The second kappa shape index (κ2) is 8.70. The zero-order valence-corrected chi connectivity index (χ0v) is 16.3. The van der Waals surface area contributed by atoms with E-state index in [0.29, 0.717) is 37.8 Å². The van der Waals surface area contributed by atoms with E-state index in [9.17, 15) is 8.42 Å². The summed E-state index contributed by atoms with van der Waals surface area (Å²) in [6.45, 7) is 5.51. The van der Waals surface area contributed by atoms with Crippen molar-refractivity contribution in [2.75, 3.05) is 38.1 Å². The number of rotatable bonds is 7. The Hall–Kier alpha value is -2.14. The van der Waals surface area contributed by atoms with E-state index >= 15 is 0 Å². The van der Waals surface area contributed by atoms with Crippen LogP contribution in [0.3, 0.4) is 0 Å². The molecular weight excluding hydrogens is 368 g/mol. The fourth-order valence-corrected chi connectivity index (χ4v) is 4.52. The maximum absolute atomic E-state index is 12.7. The Bertz CT molecular complexity index is 828. The minimum atomic E-state index is -3.48. The fourth-order valence-electron chi connectivity index (χ4n) is 2.91. The van der Waals surface area contributed by atoms with E-state index in [1.54, 1.807) is 24.8 Å². The van der Waals surface area contributed by atoms with Gasteiger partial charge in [0.25, 0.3) is 10.2 Å². The number of pyridine rings is 1. The molecule has 1 atom stereocenters. The molecule has 1 fully saturated rings. The van der Waals surface area contributed by atoms with E-state index in [2.05, 4.69) is 20.3 Å². The summed E-state index contributed by atoms with van der Waals surface area (Å²) in [5.41, 5.74) is 1.46. The number of anilines is 2. The summed E-state index contributed by atoms with van der Waals surface area (Å²) < 4.78 is 34.2. The zero-order chi connectivity index (χ0) is 19.3. The van der Waals surface area contributed by atoms with Gasteiger partial charge in [-0.3, -0.25) is 9.97 Å². The number of nitrogens with one attached hydrogen (secondary N) is 1. The van der Waals surface area contributed by atoms with Crippen LogP contribution in [0.25, 0.3) is 0 Å². The van der Waals surface area contributed by atoms with Crippen LogP contribution in [0.15, 0.2) is 36.9 Å². The lowest BCUT2D eigenvalue weighted by Gasteiger charge is -2.34. The van der Waals surface area contributed by atoms with Crippen LogP contribution in [0, 0.1) is 0 Å². The molecule has 1 aliphatic rings. The summed E-state index contributed by atoms with van der Waals surface area (Å²) >= 11 is 0. The smallest absolute Gasteiger partial charge is 0.282 e. The molecule has 9 nitrogen and oxygen atoms in total. The largest absolute Gasteiger partial charge is 0.369 e. The average Bonchev–Trinajstić information content (AvgIpc) is 2.70. The number of morpholine rings is 1. The lowest BCUT2D eigenvalue weighted by atomic mass is 10.2. The van der Waals surface area contributed by atoms with Crippen LogP contribution in [0.2, 0.25) is 0 Å². The van der Waals surface area contributed by atoms with Gasteiger partial charge < -0.3 is 10.1 Å². The van der Waals surface area contributed by atoms with Crippen molar-refractivity contribution in [2.24, 2.45) is 0 Å². The normalized spacial score (nSPS) is 18.6. The van der Waals surface area contributed by atoms with Crippen molar-refractivity contribution in [2.45, 2.75) is 20.0 Å². The van der Waals surface area contributed by atoms with E-state index in [0.717, 1.165) is 5.69 Å². The molecule has 0 unspecified atom stereocenters. The Labute approximate surface area is 159 Å². The van der Waals surface area contributed by atoms with E-state index in [-0.39, 0.29) is 6.54 Å². The zero-order valence-electron chi connectivity index (χ0n) is 15.4. The molecule has 27 heavy (non-hydrogen) atoms. The maximum atomic E-state index is 12.7. The van der Waals surface area contributed by atoms with Gasteiger partial charge in [-0.2, -0.15) is 17.0 Å².